The summed E-state index contributed by atoms with van der Waals surface area (Å²) in [4.78, 5) is 9.84. The number of rotatable bonds is 4. The predicted molar refractivity (Wildman–Crippen MR) is 77.3 cm³/mol. The Morgan fingerprint density at radius 1 is 1.33 bits per heavy atom. The first-order chi connectivity index (χ1) is 8.72. The smallest absolute Gasteiger partial charge is 0.205 e. The summed E-state index contributed by atoms with van der Waals surface area (Å²) in [7, 11) is 0. The molecule has 1 aliphatic carbocycles. The molecule has 5 nitrogen and oxygen atoms in total. The van der Waals surface area contributed by atoms with E-state index in [1.54, 1.807) is 0 Å². The van der Waals surface area contributed by atoms with Gasteiger partial charge < -0.3 is 10.6 Å². The third-order valence-corrected chi connectivity index (χ3v) is 4.32. The first-order valence-corrected chi connectivity index (χ1v) is 7.50. The first kappa shape index (κ1) is 12.3. The summed E-state index contributed by atoms with van der Waals surface area (Å²) >= 11 is 6.48. The van der Waals surface area contributed by atoms with Gasteiger partial charge in [-0.05, 0) is 12.8 Å². The van der Waals surface area contributed by atoms with Gasteiger partial charge in [0.2, 0.25) is 5.13 Å². The summed E-state index contributed by atoms with van der Waals surface area (Å²) in [5.74, 6) is 1.70. The van der Waals surface area contributed by atoms with Gasteiger partial charge in [0.15, 0.2) is 0 Å². The Bertz CT molecular complexity index is 434. The quantitative estimate of drug-likeness (QED) is 0.826. The molecule has 0 spiro atoms. The van der Waals surface area contributed by atoms with Crippen LogP contribution < -0.4 is 10.6 Å². The lowest BCUT2D eigenvalue weighted by molar-refractivity contribution is 0.292. The van der Waals surface area contributed by atoms with Crippen molar-refractivity contribution < 1.29 is 0 Å². The normalized spacial score (nSPS) is 21.2. The van der Waals surface area contributed by atoms with Gasteiger partial charge in [-0.25, -0.2) is 4.98 Å². The van der Waals surface area contributed by atoms with Gasteiger partial charge in [-0.1, -0.05) is 12.2 Å². The molecule has 1 saturated heterocycles. The van der Waals surface area contributed by atoms with Gasteiger partial charge in [-0.15, -0.1) is 0 Å². The molecule has 1 aliphatic heterocycles. The highest BCUT2D eigenvalue weighted by Crippen LogP contribution is 2.39. The standard InChI is InChI=1S/C11H17N5S2/c12-9(17)7-15-3-5-16(6-4-15)11-13-10(14-18-11)8-1-2-8/h8H,1-7H2,(H2,12,17). The second kappa shape index (κ2) is 5.07. The first-order valence-electron chi connectivity index (χ1n) is 6.31. The van der Waals surface area contributed by atoms with E-state index in [0.29, 0.717) is 10.9 Å². The fraction of sp³-hybridized carbons (Fsp3) is 0.727. The largest absolute Gasteiger partial charge is 0.392 e. The topological polar surface area (TPSA) is 58.3 Å². The van der Waals surface area contributed by atoms with E-state index in [0.717, 1.165) is 43.7 Å². The van der Waals surface area contributed by atoms with Crippen LogP contribution in [0.3, 0.4) is 0 Å². The molecule has 2 fully saturated rings. The molecular formula is C11H17N5S2. The number of anilines is 1. The SMILES string of the molecule is NC(=S)CN1CCN(c2nc(C3CC3)ns2)CC1. The number of nitrogens with two attached hydrogens (primary N) is 1. The van der Waals surface area contributed by atoms with Crippen molar-refractivity contribution in [1.29, 1.82) is 0 Å². The van der Waals surface area contributed by atoms with E-state index in [1.165, 1.54) is 24.4 Å². The van der Waals surface area contributed by atoms with Crippen molar-refractivity contribution in [2.75, 3.05) is 37.6 Å². The molecule has 0 amide bonds. The Balaban J connectivity index is 1.56. The average Bonchev–Trinajstić information content (AvgIpc) is 3.08. The Labute approximate surface area is 116 Å². The zero-order valence-corrected chi connectivity index (χ0v) is 11.8. The summed E-state index contributed by atoms with van der Waals surface area (Å²) in [5, 5.41) is 1.08. The van der Waals surface area contributed by atoms with E-state index in [4.69, 9.17) is 18.0 Å². The second-order valence-electron chi connectivity index (χ2n) is 4.94. The summed E-state index contributed by atoms with van der Waals surface area (Å²) in [6, 6.07) is 0. The number of hydrogen-bond acceptors (Lipinski definition) is 6. The summed E-state index contributed by atoms with van der Waals surface area (Å²) in [6.45, 7) is 4.70. The molecule has 1 aromatic rings. The van der Waals surface area contributed by atoms with Crippen LogP contribution in [-0.2, 0) is 0 Å². The van der Waals surface area contributed by atoms with Crippen molar-refractivity contribution in [3.63, 3.8) is 0 Å². The van der Waals surface area contributed by atoms with Crippen molar-refractivity contribution in [2.45, 2.75) is 18.8 Å². The number of nitrogens with zero attached hydrogens (tertiary/aromatic N) is 4. The van der Waals surface area contributed by atoms with Crippen LogP contribution in [0.15, 0.2) is 0 Å². The van der Waals surface area contributed by atoms with Crippen LogP contribution in [0, 0.1) is 0 Å². The Morgan fingerprint density at radius 2 is 2.06 bits per heavy atom. The fourth-order valence-corrected chi connectivity index (χ4v) is 3.16. The Morgan fingerprint density at radius 3 is 2.67 bits per heavy atom. The highest BCUT2D eigenvalue weighted by atomic mass is 32.1. The van der Waals surface area contributed by atoms with Crippen molar-refractivity contribution >= 4 is 33.9 Å². The van der Waals surface area contributed by atoms with Crippen LogP contribution >= 0.6 is 23.8 Å². The van der Waals surface area contributed by atoms with Crippen molar-refractivity contribution in [1.82, 2.24) is 14.3 Å². The number of thiocarbonyl (C=S) groups is 1. The van der Waals surface area contributed by atoms with Gasteiger partial charge in [0.1, 0.15) is 5.82 Å². The number of piperazine rings is 1. The van der Waals surface area contributed by atoms with Gasteiger partial charge in [-0.3, -0.25) is 4.90 Å². The number of hydrogen-bond donors (Lipinski definition) is 1. The van der Waals surface area contributed by atoms with Crippen molar-refractivity contribution in [3.8, 4) is 0 Å². The minimum atomic E-state index is 0.579. The lowest BCUT2D eigenvalue weighted by Gasteiger charge is -2.33. The van der Waals surface area contributed by atoms with Gasteiger partial charge >= 0.3 is 0 Å². The van der Waals surface area contributed by atoms with E-state index < -0.39 is 0 Å². The average molecular weight is 283 g/mol. The molecule has 3 rings (SSSR count). The van der Waals surface area contributed by atoms with Crippen molar-refractivity contribution in [2.24, 2.45) is 5.73 Å². The molecule has 98 valence electrons. The highest BCUT2D eigenvalue weighted by molar-refractivity contribution is 7.80. The van der Waals surface area contributed by atoms with Crippen LogP contribution in [0.5, 0.6) is 0 Å². The summed E-state index contributed by atoms with van der Waals surface area (Å²) < 4.78 is 4.46. The van der Waals surface area contributed by atoms with Crippen LogP contribution in [0.1, 0.15) is 24.6 Å². The van der Waals surface area contributed by atoms with E-state index in [-0.39, 0.29) is 0 Å². The maximum Gasteiger partial charge on any atom is 0.205 e. The maximum atomic E-state index is 5.57. The zero-order valence-electron chi connectivity index (χ0n) is 10.2. The van der Waals surface area contributed by atoms with Crippen molar-refractivity contribution in [3.05, 3.63) is 5.82 Å². The molecule has 2 aliphatic rings. The molecule has 1 saturated carbocycles. The van der Waals surface area contributed by atoms with Gasteiger partial charge in [0, 0.05) is 50.2 Å². The van der Waals surface area contributed by atoms with Gasteiger partial charge in [-0.2, -0.15) is 4.37 Å². The third-order valence-electron chi connectivity index (χ3n) is 3.40. The molecule has 0 atom stereocenters. The van der Waals surface area contributed by atoms with Crippen LogP contribution in [0.2, 0.25) is 0 Å². The van der Waals surface area contributed by atoms with Crippen LogP contribution in [-0.4, -0.2) is 52.0 Å². The Kier molecular flexibility index (Phi) is 3.45. The molecule has 18 heavy (non-hydrogen) atoms. The van der Waals surface area contributed by atoms with E-state index >= 15 is 0 Å². The summed E-state index contributed by atoms with van der Waals surface area (Å²) in [5.41, 5.74) is 5.57. The summed E-state index contributed by atoms with van der Waals surface area (Å²) in [6.07, 6.45) is 2.52. The molecule has 0 bridgehead atoms. The predicted octanol–water partition coefficient (Wildman–Crippen LogP) is 0.824. The third kappa shape index (κ3) is 2.78. The maximum absolute atomic E-state index is 5.57. The number of aromatic nitrogens is 2. The van der Waals surface area contributed by atoms with Crippen LogP contribution in [0.4, 0.5) is 5.13 Å². The fourth-order valence-electron chi connectivity index (χ4n) is 2.18. The monoisotopic (exact) mass is 283 g/mol. The Hall–Kier alpha value is -0.790. The molecule has 2 N–H and O–H groups in total. The second-order valence-corrected chi connectivity index (χ2v) is 6.19. The molecule has 7 heteroatoms. The van der Waals surface area contributed by atoms with Crippen LogP contribution in [0.25, 0.3) is 0 Å². The minimum Gasteiger partial charge on any atom is -0.392 e. The van der Waals surface area contributed by atoms with E-state index in [9.17, 15) is 0 Å². The lowest BCUT2D eigenvalue weighted by atomic mass is 10.3. The molecule has 2 heterocycles. The molecule has 0 aromatic carbocycles. The molecule has 1 aromatic heterocycles. The van der Waals surface area contributed by atoms with E-state index in [2.05, 4.69) is 19.2 Å². The van der Waals surface area contributed by atoms with E-state index in [1.807, 2.05) is 0 Å². The highest BCUT2D eigenvalue weighted by Gasteiger charge is 2.29. The zero-order chi connectivity index (χ0) is 12.5. The van der Waals surface area contributed by atoms with Gasteiger partial charge in [0.25, 0.3) is 0 Å². The minimum absolute atomic E-state index is 0.579. The molecular weight excluding hydrogens is 266 g/mol. The van der Waals surface area contributed by atoms with Gasteiger partial charge in [0.05, 0.1) is 4.99 Å². The molecule has 0 unspecified atom stereocenters. The molecule has 0 radical (unpaired) electrons. The lowest BCUT2D eigenvalue weighted by Crippen LogP contribution is -2.48.